The number of carbonyl (C=O) groups is 2. The average Bonchev–Trinajstić information content (AvgIpc) is 3.19. The number of ether oxygens (including phenoxy) is 1. The summed E-state index contributed by atoms with van der Waals surface area (Å²) >= 11 is 0. The fourth-order valence-corrected chi connectivity index (χ4v) is 6.15. The highest BCUT2D eigenvalue weighted by atomic mass is 32.2. The van der Waals surface area contributed by atoms with E-state index in [1.165, 1.54) is 30.5 Å². The summed E-state index contributed by atoms with van der Waals surface area (Å²) in [5.74, 6) is -2.54. The number of para-hydroxylation sites is 1. The number of nitrogens with one attached hydrogen (secondary N) is 1. The molecule has 2 aromatic rings. The van der Waals surface area contributed by atoms with Crippen molar-refractivity contribution < 1.29 is 31.5 Å². The van der Waals surface area contributed by atoms with E-state index < -0.39 is 57.1 Å². The summed E-state index contributed by atoms with van der Waals surface area (Å²) in [4.78, 5) is 27.8. The number of rotatable bonds is 8. The number of benzene rings is 2. The lowest BCUT2D eigenvalue weighted by Gasteiger charge is -2.41. The van der Waals surface area contributed by atoms with E-state index in [9.17, 15) is 26.8 Å². The number of amides is 2. The van der Waals surface area contributed by atoms with Gasteiger partial charge in [-0.2, -0.15) is 0 Å². The second-order valence-corrected chi connectivity index (χ2v) is 12.8. The highest BCUT2D eigenvalue weighted by molar-refractivity contribution is 7.92. The lowest BCUT2D eigenvalue weighted by Crippen LogP contribution is -2.59. The summed E-state index contributed by atoms with van der Waals surface area (Å²) in [6.07, 6.45) is 2.22. The molecule has 1 spiro atoms. The van der Waals surface area contributed by atoms with Crippen molar-refractivity contribution in [1.82, 2.24) is 10.2 Å². The van der Waals surface area contributed by atoms with E-state index in [0.29, 0.717) is 38.2 Å². The van der Waals surface area contributed by atoms with Gasteiger partial charge in [-0.25, -0.2) is 17.2 Å². The number of nitrogens with zero attached hydrogens (tertiary/aromatic N) is 2. The summed E-state index contributed by atoms with van der Waals surface area (Å²) in [6, 6.07) is 9.72. The first-order chi connectivity index (χ1) is 18.2. The van der Waals surface area contributed by atoms with E-state index in [2.05, 4.69) is 5.32 Å². The quantitative estimate of drug-likeness (QED) is 0.506. The molecule has 0 aromatic heterocycles. The van der Waals surface area contributed by atoms with Crippen LogP contribution in [-0.2, 0) is 36.4 Å². The maximum atomic E-state index is 14.0. The van der Waals surface area contributed by atoms with Crippen LogP contribution in [0, 0.1) is 11.6 Å². The van der Waals surface area contributed by atoms with Crippen LogP contribution in [0.4, 0.5) is 14.5 Å². The van der Waals surface area contributed by atoms with Crippen LogP contribution in [0.15, 0.2) is 42.5 Å². The van der Waals surface area contributed by atoms with Crippen molar-refractivity contribution in [2.75, 3.05) is 36.8 Å². The minimum atomic E-state index is -3.48. The number of fused-ring (bicyclic) bond motifs is 2. The van der Waals surface area contributed by atoms with Gasteiger partial charge in [-0.05, 0) is 50.5 Å². The molecule has 1 saturated heterocycles. The number of hydrogen-bond acceptors (Lipinski definition) is 6. The van der Waals surface area contributed by atoms with Gasteiger partial charge in [0, 0.05) is 30.6 Å². The third-order valence-corrected chi connectivity index (χ3v) is 8.53. The molecule has 2 amide bonds. The summed E-state index contributed by atoms with van der Waals surface area (Å²) in [6.45, 7) is 3.19. The monoisotopic (exact) mass is 564 g/mol. The van der Waals surface area contributed by atoms with Gasteiger partial charge in [0.1, 0.15) is 17.7 Å². The van der Waals surface area contributed by atoms with Crippen molar-refractivity contribution in [3.05, 3.63) is 65.2 Å². The zero-order valence-corrected chi connectivity index (χ0v) is 23.1. The van der Waals surface area contributed by atoms with Gasteiger partial charge in [-0.15, -0.1) is 0 Å². The molecule has 9 nitrogen and oxygen atoms in total. The van der Waals surface area contributed by atoms with Gasteiger partial charge in [0.15, 0.2) is 0 Å². The topological polar surface area (TPSA) is 122 Å². The molecule has 0 bridgehead atoms. The Hall–Kier alpha value is -3.09. The molecule has 0 saturated carbocycles. The zero-order chi connectivity index (χ0) is 28.6. The SMILES string of the molecule is CC(C)(N)C(=O)N[C@H](COCc1c(F)cccc1F)C(=O)N1CCC2(CC1)CN(S(C)(=O)=O)c1ccccc12. The summed E-state index contributed by atoms with van der Waals surface area (Å²) in [7, 11) is -3.48. The third kappa shape index (κ3) is 6.07. The lowest BCUT2D eigenvalue weighted by atomic mass is 9.74. The summed E-state index contributed by atoms with van der Waals surface area (Å²) < 4.78 is 59.9. The van der Waals surface area contributed by atoms with Crippen LogP contribution in [0.25, 0.3) is 0 Å². The van der Waals surface area contributed by atoms with Crippen molar-refractivity contribution in [3.63, 3.8) is 0 Å². The average molecular weight is 565 g/mol. The Balaban J connectivity index is 1.48. The van der Waals surface area contributed by atoms with Crippen LogP contribution >= 0.6 is 0 Å². The molecular formula is C27H34F2N4O5S. The number of nitrogens with two attached hydrogens (primary N) is 1. The van der Waals surface area contributed by atoms with Crippen molar-refractivity contribution in [1.29, 1.82) is 0 Å². The van der Waals surface area contributed by atoms with Crippen LogP contribution in [-0.4, -0.2) is 69.2 Å². The second kappa shape index (κ2) is 10.8. The fourth-order valence-electron chi connectivity index (χ4n) is 5.15. The third-order valence-electron chi connectivity index (χ3n) is 7.40. The van der Waals surface area contributed by atoms with Gasteiger partial charge in [0.25, 0.3) is 0 Å². The predicted molar refractivity (Wildman–Crippen MR) is 142 cm³/mol. The first kappa shape index (κ1) is 28.9. The minimum Gasteiger partial charge on any atom is -0.374 e. The summed E-state index contributed by atoms with van der Waals surface area (Å²) in [5, 5.41) is 2.62. The van der Waals surface area contributed by atoms with Gasteiger partial charge in [0.2, 0.25) is 21.8 Å². The van der Waals surface area contributed by atoms with E-state index in [-0.39, 0.29) is 12.2 Å². The Kier molecular flexibility index (Phi) is 8.02. The van der Waals surface area contributed by atoms with Crippen molar-refractivity contribution in [2.24, 2.45) is 5.73 Å². The van der Waals surface area contributed by atoms with Crippen molar-refractivity contribution in [2.45, 2.75) is 50.3 Å². The van der Waals surface area contributed by atoms with Crippen molar-refractivity contribution >= 4 is 27.5 Å². The van der Waals surface area contributed by atoms with E-state index in [0.717, 1.165) is 17.7 Å². The molecule has 2 heterocycles. The van der Waals surface area contributed by atoms with Crippen LogP contribution in [0.3, 0.4) is 0 Å². The molecule has 0 aliphatic carbocycles. The molecule has 1 fully saturated rings. The Morgan fingerprint density at radius 1 is 1.10 bits per heavy atom. The zero-order valence-electron chi connectivity index (χ0n) is 22.2. The van der Waals surface area contributed by atoms with Gasteiger partial charge in [-0.1, -0.05) is 24.3 Å². The van der Waals surface area contributed by atoms with Gasteiger partial charge >= 0.3 is 0 Å². The molecule has 2 aliphatic rings. The van der Waals surface area contributed by atoms with E-state index in [1.807, 2.05) is 12.1 Å². The lowest BCUT2D eigenvalue weighted by molar-refractivity contribution is -0.140. The Bertz CT molecular complexity index is 1330. The maximum absolute atomic E-state index is 14.0. The predicted octanol–water partition coefficient (Wildman–Crippen LogP) is 2.04. The minimum absolute atomic E-state index is 0.274. The van der Waals surface area contributed by atoms with Gasteiger partial charge < -0.3 is 20.7 Å². The standard InChI is InChI=1S/C27H34F2N4O5S/c1-26(2,30)25(35)31-22(16-38-15-18-20(28)8-6-9-21(18)29)24(34)32-13-11-27(12-14-32)17-33(39(3,36)37)23-10-5-4-7-19(23)27/h4-10,22H,11-17,30H2,1-3H3,(H,31,35)/t22-/m1/s1. The maximum Gasteiger partial charge on any atom is 0.247 e. The number of anilines is 1. The van der Waals surface area contributed by atoms with Crippen LogP contribution < -0.4 is 15.4 Å². The fraction of sp³-hybridized carbons (Fsp3) is 0.481. The Morgan fingerprint density at radius 3 is 2.31 bits per heavy atom. The second-order valence-electron chi connectivity index (χ2n) is 10.9. The van der Waals surface area contributed by atoms with Crippen molar-refractivity contribution in [3.8, 4) is 0 Å². The molecule has 2 aliphatic heterocycles. The first-order valence-corrected chi connectivity index (χ1v) is 14.5. The molecule has 0 radical (unpaired) electrons. The molecule has 12 heteroatoms. The number of likely N-dealkylation sites (tertiary alicyclic amines) is 1. The van der Waals surface area contributed by atoms with E-state index >= 15 is 0 Å². The van der Waals surface area contributed by atoms with Gasteiger partial charge in [-0.3, -0.25) is 13.9 Å². The normalized spacial score (nSPS) is 17.7. The number of halogens is 2. The number of sulfonamides is 1. The van der Waals surface area contributed by atoms with Crippen LogP contribution in [0.5, 0.6) is 0 Å². The molecule has 0 unspecified atom stereocenters. The molecule has 4 rings (SSSR count). The Morgan fingerprint density at radius 2 is 1.72 bits per heavy atom. The van der Waals surface area contributed by atoms with E-state index in [4.69, 9.17) is 10.5 Å². The number of piperidine rings is 1. The first-order valence-electron chi connectivity index (χ1n) is 12.7. The highest BCUT2D eigenvalue weighted by Crippen LogP contribution is 2.47. The smallest absolute Gasteiger partial charge is 0.247 e. The molecule has 1 atom stereocenters. The largest absolute Gasteiger partial charge is 0.374 e. The summed E-state index contributed by atoms with van der Waals surface area (Å²) in [5.41, 5.74) is 5.52. The molecule has 39 heavy (non-hydrogen) atoms. The molecule has 212 valence electrons. The number of hydrogen-bond donors (Lipinski definition) is 2. The Labute approximate surface area is 227 Å². The number of carbonyl (C=O) groups excluding carboxylic acids is 2. The van der Waals surface area contributed by atoms with E-state index in [1.54, 1.807) is 17.0 Å². The van der Waals surface area contributed by atoms with Crippen LogP contribution in [0.2, 0.25) is 0 Å². The molecular weight excluding hydrogens is 530 g/mol. The van der Waals surface area contributed by atoms with Crippen LogP contribution in [0.1, 0.15) is 37.8 Å². The van der Waals surface area contributed by atoms with Gasteiger partial charge in [0.05, 0.1) is 30.7 Å². The highest BCUT2D eigenvalue weighted by Gasteiger charge is 2.48. The molecule has 3 N–H and O–H groups in total. The molecule has 2 aromatic carbocycles.